The van der Waals surface area contributed by atoms with Gasteiger partial charge in [-0.2, -0.15) is 0 Å². The monoisotopic (exact) mass is 239 g/mol. The van der Waals surface area contributed by atoms with E-state index < -0.39 is 0 Å². The lowest BCUT2D eigenvalue weighted by atomic mass is 9.95. The molecule has 0 saturated heterocycles. The predicted octanol–water partition coefficient (Wildman–Crippen LogP) is 1.91. The van der Waals surface area contributed by atoms with Crippen molar-refractivity contribution in [2.24, 2.45) is 5.92 Å². The maximum Gasteiger partial charge on any atom is 0.316 e. The first-order chi connectivity index (χ1) is 8.02. The third kappa shape index (κ3) is 2.84. The number of aromatic nitrogens is 3. The van der Waals surface area contributed by atoms with Gasteiger partial charge in [0.1, 0.15) is 17.6 Å². The molecule has 0 aliphatic rings. The van der Waals surface area contributed by atoms with E-state index in [1.807, 2.05) is 39.2 Å². The van der Waals surface area contributed by atoms with Gasteiger partial charge >= 0.3 is 5.97 Å². The van der Waals surface area contributed by atoms with E-state index in [1.165, 1.54) is 0 Å². The van der Waals surface area contributed by atoms with Crippen LogP contribution in [0, 0.1) is 12.8 Å². The highest BCUT2D eigenvalue weighted by Gasteiger charge is 2.30. The van der Waals surface area contributed by atoms with Crippen molar-refractivity contribution < 1.29 is 9.53 Å². The van der Waals surface area contributed by atoms with Gasteiger partial charge in [-0.05, 0) is 26.7 Å². The second-order valence-corrected chi connectivity index (χ2v) is 4.32. The largest absolute Gasteiger partial charge is 0.465 e. The van der Waals surface area contributed by atoms with Crippen molar-refractivity contribution in [3.05, 3.63) is 11.6 Å². The normalized spacial score (nSPS) is 12.8. The quantitative estimate of drug-likeness (QED) is 0.736. The Kier molecular flexibility index (Phi) is 4.66. The van der Waals surface area contributed by atoms with E-state index in [4.69, 9.17) is 4.74 Å². The smallest absolute Gasteiger partial charge is 0.316 e. The van der Waals surface area contributed by atoms with Crippen molar-refractivity contribution >= 4 is 5.97 Å². The number of carbonyl (C=O) groups excluding carboxylic acids is 1. The average Bonchev–Trinajstić information content (AvgIpc) is 2.60. The Morgan fingerprint density at radius 1 is 1.35 bits per heavy atom. The van der Waals surface area contributed by atoms with Crippen LogP contribution in [0.15, 0.2) is 0 Å². The molecule has 1 atom stereocenters. The molecule has 17 heavy (non-hydrogen) atoms. The third-order valence-corrected chi connectivity index (χ3v) is 2.77. The van der Waals surface area contributed by atoms with Gasteiger partial charge in [-0.15, -0.1) is 10.2 Å². The van der Waals surface area contributed by atoms with Gasteiger partial charge in [0, 0.05) is 6.54 Å². The maximum absolute atomic E-state index is 12.0. The molecule has 1 unspecified atom stereocenters. The fourth-order valence-corrected chi connectivity index (χ4v) is 1.93. The van der Waals surface area contributed by atoms with E-state index in [2.05, 4.69) is 10.2 Å². The van der Waals surface area contributed by atoms with Crippen LogP contribution in [-0.4, -0.2) is 27.3 Å². The highest BCUT2D eigenvalue weighted by molar-refractivity contribution is 5.77. The van der Waals surface area contributed by atoms with Crippen LogP contribution in [0.2, 0.25) is 0 Å². The predicted molar refractivity (Wildman–Crippen MR) is 64.6 cm³/mol. The summed E-state index contributed by atoms with van der Waals surface area (Å²) in [5.74, 6) is 1.12. The molecule has 0 aromatic carbocycles. The van der Waals surface area contributed by atoms with Gasteiger partial charge in [0.25, 0.3) is 0 Å². The lowest BCUT2D eigenvalue weighted by Gasteiger charge is -2.19. The zero-order chi connectivity index (χ0) is 13.0. The van der Waals surface area contributed by atoms with Crippen LogP contribution in [0.3, 0.4) is 0 Å². The van der Waals surface area contributed by atoms with E-state index in [0.717, 1.165) is 12.4 Å². The zero-order valence-electron chi connectivity index (χ0n) is 11.2. The minimum Gasteiger partial charge on any atom is -0.465 e. The number of esters is 1. The van der Waals surface area contributed by atoms with E-state index in [-0.39, 0.29) is 17.8 Å². The van der Waals surface area contributed by atoms with Gasteiger partial charge in [0.05, 0.1) is 6.61 Å². The zero-order valence-corrected chi connectivity index (χ0v) is 11.2. The van der Waals surface area contributed by atoms with Crippen LogP contribution < -0.4 is 0 Å². The average molecular weight is 239 g/mol. The second kappa shape index (κ2) is 5.80. The Labute approximate surface area is 102 Å². The minimum absolute atomic E-state index is 0.142. The van der Waals surface area contributed by atoms with E-state index >= 15 is 0 Å². The van der Waals surface area contributed by atoms with Crippen LogP contribution in [-0.2, 0) is 16.1 Å². The lowest BCUT2D eigenvalue weighted by Crippen LogP contribution is -2.24. The van der Waals surface area contributed by atoms with Gasteiger partial charge in [-0.25, -0.2) is 0 Å². The SMILES string of the molecule is CCOC(=O)C(c1nnc(C)n1CC)C(C)C. The molecule has 5 nitrogen and oxygen atoms in total. The number of rotatable bonds is 5. The second-order valence-electron chi connectivity index (χ2n) is 4.32. The fourth-order valence-electron chi connectivity index (χ4n) is 1.93. The lowest BCUT2D eigenvalue weighted by molar-refractivity contribution is -0.146. The van der Waals surface area contributed by atoms with Gasteiger partial charge in [0.15, 0.2) is 0 Å². The van der Waals surface area contributed by atoms with Crippen molar-refractivity contribution in [1.82, 2.24) is 14.8 Å². The summed E-state index contributed by atoms with van der Waals surface area (Å²) in [6, 6.07) is 0. The van der Waals surface area contributed by atoms with Gasteiger partial charge in [0.2, 0.25) is 0 Å². The number of ether oxygens (including phenoxy) is 1. The van der Waals surface area contributed by atoms with E-state index in [1.54, 1.807) is 0 Å². The molecular weight excluding hydrogens is 218 g/mol. The Morgan fingerprint density at radius 3 is 2.47 bits per heavy atom. The molecular formula is C12H21N3O2. The van der Waals surface area contributed by atoms with Crippen LogP contribution in [0.1, 0.15) is 45.3 Å². The van der Waals surface area contributed by atoms with Crippen LogP contribution >= 0.6 is 0 Å². The number of hydrogen-bond donors (Lipinski definition) is 0. The summed E-state index contributed by atoms with van der Waals surface area (Å²) in [7, 11) is 0. The molecule has 96 valence electrons. The highest BCUT2D eigenvalue weighted by Crippen LogP contribution is 2.25. The molecule has 0 aliphatic carbocycles. The number of aryl methyl sites for hydroxylation is 1. The number of carbonyl (C=O) groups is 1. The topological polar surface area (TPSA) is 57.0 Å². The van der Waals surface area contributed by atoms with Crippen molar-refractivity contribution in [2.75, 3.05) is 6.61 Å². The van der Waals surface area contributed by atoms with Gasteiger partial charge in [-0.1, -0.05) is 13.8 Å². The maximum atomic E-state index is 12.0. The Hall–Kier alpha value is -1.39. The molecule has 0 fully saturated rings. The molecule has 0 aliphatic heterocycles. The molecule has 1 rings (SSSR count). The first kappa shape index (κ1) is 13.7. The molecule has 0 spiro atoms. The summed E-state index contributed by atoms with van der Waals surface area (Å²) in [6.45, 7) is 10.9. The molecule has 1 aromatic rings. The molecule has 0 radical (unpaired) electrons. The minimum atomic E-state index is -0.337. The van der Waals surface area contributed by atoms with Gasteiger partial charge in [-0.3, -0.25) is 4.79 Å². The summed E-state index contributed by atoms with van der Waals surface area (Å²) in [6.07, 6.45) is 0. The Balaban J connectivity index is 3.09. The molecule has 0 bridgehead atoms. The van der Waals surface area contributed by atoms with Crippen LogP contribution in [0.25, 0.3) is 0 Å². The molecule has 1 aromatic heterocycles. The van der Waals surface area contributed by atoms with E-state index in [0.29, 0.717) is 12.4 Å². The summed E-state index contributed by atoms with van der Waals surface area (Å²) in [5, 5.41) is 8.16. The number of hydrogen-bond acceptors (Lipinski definition) is 4. The summed E-state index contributed by atoms with van der Waals surface area (Å²) in [4.78, 5) is 12.0. The van der Waals surface area contributed by atoms with Crippen LogP contribution in [0.5, 0.6) is 0 Å². The first-order valence-electron chi connectivity index (χ1n) is 6.09. The summed E-state index contributed by atoms with van der Waals surface area (Å²) < 4.78 is 7.07. The standard InChI is InChI=1S/C12H21N3O2/c1-6-15-9(5)13-14-11(15)10(8(3)4)12(16)17-7-2/h8,10H,6-7H2,1-5H3. The Bertz CT molecular complexity index is 385. The first-order valence-corrected chi connectivity index (χ1v) is 6.09. The number of nitrogens with zero attached hydrogens (tertiary/aromatic N) is 3. The Morgan fingerprint density at radius 2 is 2.00 bits per heavy atom. The highest BCUT2D eigenvalue weighted by atomic mass is 16.5. The van der Waals surface area contributed by atoms with Gasteiger partial charge < -0.3 is 9.30 Å². The third-order valence-electron chi connectivity index (χ3n) is 2.77. The molecule has 0 N–H and O–H groups in total. The van der Waals surface area contributed by atoms with E-state index in [9.17, 15) is 4.79 Å². The molecule has 1 heterocycles. The molecule has 0 saturated carbocycles. The summed E-state index contributed by atoms with van der Waals surface area (Å²) in [5.41, 5.74) is 0. The summed E-state index contributed by atoms with van der Waals surface area (Å²) >= 11 is 0. The van der Waals surface area contributed by atoms with Crippen molar-refractivity contribution in [3.63, 3.8) is 0 Å². The van der Waals surface area contributed by atoms with Crippen molar-refractivity contribution in [3.8, 4) is 0 Å². The molecule has 0 amide bonds. The van der Waals surface area contributed by atoms with Crippen LogP contribution in [0.4, 0.5) is 0 Å². The fraction of sp³-hybridized carbons (Fsp3) is 0.750. The van der Waals surface area contributed by atoms with Crippen molar-refractivity contribution in [2.45, 2.75) is 47.1 Å². The molecule has 5 heteroatoms. The van der Waals surface area contributed by atoms with Crippen molar-refractivity contribution in [1.29, 1.82) is 0 Å².